The summed E-state index contributed by atoms with van der Waals surface area (Å²) in [5.41, 5.74) is 1.24. The summed E-state index contributed by atoms with van der Waals surface area (Å²) >= 11 is 6.10. The summed E-state index contributed by atoms with van der Waals surface area (Å²) in [5.74, 6) is -1.89. The van der Waals surface area contributed by atoms with E-state index in [2.05, 4.69) is 5.32 Å². The van der Waals surface area contributed by atoms with Crippen molar-refractivity contribution in [3.05, 3.63) is 70.2 Å². The first kappa shape index (κ1) is 15.9. The van der Waals surface area contributed by atoms with Crippen molar-refractivity contribution >= 4 is 11.6 Å². The van der Waals surface area contributed by atoms with Crippen molar-refractivity contribution in [3.63, 3.8) is 0 Å². The molecule has 0 aliphatic rings. The van der Waals surface area contributed by atoms with Gasteiger partial charge in [0.05, 0.1) is 6.10 Å². The minimum Gasteiger partial charge on any atom is -0.387 e. The number of benzene rings is 2. The van der Waals surface area contributed by atoms with Crippen LogP contribution >= 0.6 is 11.6 Å². The van der Waals surface area contributed by atoms with Gasteiger partial charge in [-0.1, -0.05) is 35.9 Å². The van der Waals surface area contributed by atoms with Gasteiger partial charge < -0.3 is 10.4 Å². The number of aliphatic hydroxyl groups excluding tert-OH is 1. The Kier molecular flexibility index (Phi) is 5.28. The molecule has 2 unspecified atom stereocenters. The fourth-order valence-corrected chi connectivity index (χ4v) is 2.36. The summed E-state index contributed by atoms with van der Waals surface area (Å²) in [6, 6.07) is 10.7. The van der Waals surface area contributed by atoms with Crippen molar-refractivity contribution in [1.29, 1.82) is 0 Å². The topological polar surface area (TPSA) is 32.3 Å². The van der Waals surface area contributed by atoms with E-state index < -0.39 is 17.7 Å². The fourth-order valence-electron chi connectivity index (χ4n) is 2.06. The van der Waals surface area contributed by atoms with Crippen molar-refractivity contribution in [1.82, 2.24) is 5.32 Å². The van der Waals surface area contributed by atoms with Gasteiger partial charge in [-0.15, -0.1) is 0 Å². The normalized spacial score (nSPS) is 14.0. The predicted octanol–water partition coefficient (Wildman–Crippen LogP) is 4.00. The van der Waals surface area contributed by atoms with E-state index in [1.165, 1.54) is 6.07 Å². The Morgan fingerprint density at radius 3 is 2.52 bits per heavy atom. The predicted molar refractivity (Wildman–Crippen MR) is 79.2 cm³/mol. The average Bonchev–Trinajstić information content (AvgIpc) is 2.47. The van der Waals surface area contributed by atoms with Crippen LogP contribution in [0.4, 0.5) is 8.78 Å². The van der Waals surface area contributed by atoms with Gasteiger partial charge in [0.1, 0.15) is 0 Å². The van der Waals surface area contributed by atoms with Crippen molar-refractivity contribution in [3.8, 4) is 0 Å². The highest BCUT2D eigenvalue weighted by Crippen LogP contribution is 2.23. The molecular formula is C16H16ClF2NO. The van der Waals surface area contributed by atoms with Crippen LogP contribution < -0.4 is 5.32 Å². The maximum atomic E-state index is 13.1. The third-order valence-electron chi connectivity index (χ3n) is 3.32. The molecule has 2 nitrogen and oxygen atoms in total. The zero-order valence-electron chi connectivity index (χ0n) is 11.5. The Morgan fingerprint density at radius 2 is 1.86 bits per heavy atom. The van der Waals surface area contributed by atoms with Gasteiger partial charge >= 0.3 is 0 Å². The Bertz CT molecular complexity index is 621. The minimum absolute atomic E-state index is 0.0707. The molecule has 0 heterocycles. The number of rotatable bonds is 5. The van der Waals surface area contributed by atoms with Crippen LogP contribution in [0, 0.1) is 11.6 Å². The summed E-state index contributed by atoms with van der Waals surface area (Å²) in [6.45, 7) is 2.12. The largest absolute Gasteiger partial charge is 0.387 e. The second-order valence-electron chi connectivity index (χ2n) is 4.84. The van der Waals surface area contributed by atoms with E-state index in [9.17, 15) is 13.9 Å². The van der Waals surface area contributed by atoms with Crippen LogP contribution in [-0.4, -0.2) is 11.7 Å². The van der Waals surface area contributed by atoms with Gasteiger partial charge in [-0.05, 0) is 36.2 Å². The Morgan fingerprint density at radius 1 is 1.14 bits per heavy atom. The molecule has 112 valence electrons. The van der Waals surface area contributed by atoms with Crippen molar-refractivity contribution in [2.45, 2.75) is 19.1 Å². The molecule has 0 aliphatic heterocycles. The first-order chi connectivity index (χ1) is 9.99. The van der Waals surface area contributed by atoms with Gasteiger partial charge in [-0.2, -0.15) is 0 Å². The van der Waals surface area contributed by atoms with Crippen LogP contribution in [-0.2, 0) is 0 Å². The summed E-state index contributed by atoms with van der Waals surface area (Å²) in [6.07, 6.45) is -0.926. The zero-order chi connectivity index (χ0) is 15.4. The van der Waals surface area contributed by atoms with Crippen LogP contribution in [0.15, 0.2) is 42.5 Å². The monoisotopic (exact) mass is 311 g/mol. The lowest BCUT2D eigenvalue weighted by molar-refractivity contribution is 0.170. The van der Waals surface area contributed by atoms with Gasteiger partial charge in [0.15, 0.2) is 11.6 Å². The summed E-state index contributed by atoms with van der Waals surface area (Å²) in [4.78, 5) is 0. The van der Waals surface area contributed by atoms with Gasteiger partial charge in [0.2, 0.25) is 0 Å². The number of nitrogens with one attached hydrogen (secondary N) is 1. The molecular weight excluding hydrogens is 296 g/mol. The van der Waals surface area contributed by atoms with Crippen molar-refractivity contribution < 1.29 is 13.9 Å². The summed E-state index contributed by atoms with van der Waals surface area (Å²) in [5, 5.41) is 13.8. The number of hydrogen-bond acceptors (Lipinski definition) is 2. The lowest BCUT2D eigenvalue weighted by Gasteiger charge is -2.18. The van der Waals surface area contributed by atoms with Crippen LogP contribution in [0.5, 0.6) is 0 Å². The molecule has 21 heavy (non-hydrogen) atoms. The van der Waals surface area contributed by atoms with E-state index >= 15 is 0 Å². The molecule has 0 radical (unpaired) electrons. The molecule has 0 spiro atoms. The summed E-state index contributed by atoms with van der Waals surface area (Å²) < 4.78 is 26.0. The Balaban J connectivity index is 1.99. The number of hydrogen-bond donors (Lipinski definition) is 2. The molecule has 0 aliphatic carbocycles. The summed E-state index contributed by atoms with van der Waals surface area (Å²) in [7, 11) is 0. The molecule has 0 saturated heterocycles. The SMILES string of the molecule is CC(NCC(O)c1ccc(F)c(F)c1)c1ccccc1Cl. The van der Waals surface area contributed by atoms with Crippen LogP contribution in [0.1, 0.15) is 30.2 Å². The molecule has 2 rings (SSSR count). The van der Waals surface area contributed by atoms with E-state index in [0.717, 1.165) is 17.7 Å². The maximum Gasteiger partial charge on any atom is 0.159 e. The molecule has 2 aromatic rings. The van der Waals surface area contributed by atoms with Crippen molar-refractivity contribution in [2.24, 2.45) is 0 Å². The lowest BCUT2D eigenvalue weighted by Crippen LogP contribution is -2.25. The van der Waals surface area contributed by atoms with Crippen molar-refractivity contribution in [2.75, 3.05) is 6.54 Å². The smallest absolute Gasteiger partial charge is 0.159 e. The minimum atomic E-state index is -0.967. The average molecular weight is 312 g/mol. The highest BCUT2D eigenvalue weighted by Gasteiger charge is 2.14. The maximum absolute atomic E-state index is 13.1. The third kappa shape index (κ3) is 4.00. The molecule has 0 amide bonds. The second-order valence-corrected chi connectivity index (χ2v) is 5.25. The first-order valence-corrected chi connectivity index (χ1v) is 6.97. The Hall–Kier alpha value is -1.49. The first-order valence-electron chi connectivity index (χ1n) is 6.60. The van der Waals surface area contributed by atoms with Crippen LogP contribution in [0.2, 0.25) is 5.02 Å². The fraction of sp³-hybridized carbons (Fsp3) is 0.250. The quantitative estimate of drug-likeness (QED) is 0.874. The molecule has 2 aromatic carbocycles. The number of halogens is 3. The van der Waals surface area contributed by atoms with E-state index in [4.69, 9.17) is 11.6 Å². The zero-order valence-corrected chi connectivity index (χ0v) is 12.2. The van der Waals surface area contributed by atoms with Crippen LogP contribution in [0.3, 0.4) is 0 Å². The van der Waals surface area contributed by atoms with Gasteiger partial charge in [0.25, 0.3) is 0 Å². The molecule has 0 fully saturated rings. The van der Waals surface area contributed by atoms with E-state index in [1.54, 1.807) is 6.07 Å². The lowest BCUT2D eigenvalue weighted by atomic mass is 10.1. The number of aliphatic hydroxyl groups is 1. The molecule has 2 atom stereocenters. The molecule has 0 bridgehead atoms. The Labute approximate surface area is 127 Å². The highest BCUT2D eigenvalue weighted by molar-refractivity contribution is 6.31. The molecule has 5 heteroatoms. The molecule has 2 N–H and O–H groups in total. The van der Waals surface area contributed by atoms with E-state index in [0.29, 0.717) is 10.6 Å². The standard InChI is InChI=1S/C16H16ClF2NO/c1-10(12-4-2-3-5-13(12)17)20-9-16(21)11-6-7-14(18)15(19)8-11/h2-8,10,16,20-21H,9H2,1H3. The van der Waals surface area contributed by atoms with Gasteiger partial charge in [-0.25, -0.2) is 8.78 Å². The van der Waals surface area contributed by atoms with Gasteiger partial charge in [-0.3, -0.25) is 0 Å². The van der Waals surface area contributed by atoms with E-state index in [1.807, 2.05) is 25.1 Å². The third-order valence-corrected chi connectivity index (χ3v) is 3.66. The highest BCUT2D eigenvalue weighted by atomic mass is 35.5. The second kappa shape index (κ2) is 6.98. The molecule has 0 saturated carbocycles. The van der Waals surface area contributed by atoms with Gasteiger partial charge in [0, 0.05) is 17.6 Å². The van der Waals surface area contributed by atoms with Crippen LogP contribution in [0.25, 0.3) is 0 Å². The van der Waals surface area contributed by atoms with E-state index in [-0.39, 0.29) is 12.6 Å². The molecule has 0 aromatic heterocycles.